The van der Waals surface area contributed by atoms with Gasteiger partial charge in [-0.3, -0.25) is 9.36 Å². The lowest BCUT2D eigenvalue weighted by molar-refractivity contribution is -0.139. The number of allylic oxidation sites excluding steroid dienone is 1. The molecule has 0 spiro atoms. The first kappa shape index (κ1) is 25.6. The van der Waals surface area contributed by atoms with Gasteiger partial charge in [0.15, 0.2) is 4.80 Å². The molecule has 0 saturated heterocycles. The zero-order valence-electron chi connectivity index (χ0n) is 20.3. The first-order valence-electron chi connectivity index (χ1n) is 11.7. The Bertz CT molecular complexity index is 1780. The number of carboxylic acids is 1. The minimum absolute atomic E-state index is 0.115. The smallest absolute Gasteiger partial charge is 0.338 e. The number of carbonyl (C=O) groups is 2. The second-order valence-electron chi connectivity index (χ2n) is 8.41. The highest BCUT2D eigenvalue weighted by Gasteiger charge is 2.33. The Kier molecular flexibility index (Phi) is 7.00. The summed E-state index contributed by atoms with van der Waals surface area (Å²) in [7, 11) is 0. The summed E-state index contributed by atoms with van der Waals surface area (Å²) in [6.07, 6.45) is 1.60. The third-order valence-electron chi connectivity index (χ3n) is 6.03. The van der Waals surface area contributed by atoms with Gasteiger partial charge in [0.05, 0.1) is 34.0 Å². The highest BCUT2D eigenvalue weighted by Crippen LogP contribution is 2.31. The molecule has 0 unspecified atom stereocenters. The monoisotopic (exact) mass is 592 g/mol. The van der Waals surface area contributed by atoms with Crippen LogP contribution in [0.2, 0.25) is 0 Å². The summed E-state index contributed by atoms with van der Waals surface area (Å²) in [5.41, 5.74) is 1.74. The predicted octanol–water partition coefficient (Wildman–Crippen LogP) is 4.52. The zero-order chi connectivity index (χ0) is 27.0. The summed E-state index contributed by atoms with van der Waals surface area (Å²) in [6.45, 7) is 3.65. The van der Waals surface area contributed by atoms with Crippen LogP contribution in [0.1, 0.15) is 41.6 Å². The van der Waals surface area contributed by atoms with Crippen LogP contribution in [0.4, 0.5) is 0 Å². The molecule has 192 valence electrons. The maximum atomic E-state index is 13.7. The molecule has 0 aliphatic carbocycles. The van der Waals surface area contributed by atoms with Crippen molar-refractivity contribution in [2.24, 2.45) is 4.99 Å². The number of carboxylic acid groups (broad SMARTS) is 1. The molecule has 1 N–H and O–H groups in total. The van der Waals surface area contributed by atoms with Crippen LogP contribution in [0.3, 0.4) is 0 Å². The molecule has 0 bridgehead atoms. The standard InChI is InChI=1S/C28H21BrN2O6S/c1-3-36-27(35)23-15(2)30-28-31(24(23)16-8-10-17(29)11-9-16)25(32)22(38-28)14-18-12-13-21(37-18)19-6-4-5-7-20(19)26(33)34/h4-14,24H,3H2,1-2H3,(H,33,34)/b22-14-/t24-/m1/s1. The van der Waals surface area contributed by atoms with E-state index < -0.39 is 18.0 Å². The summed E-state index contributed by atoms with van der Waals surface area (Å²) in [5.74, 6) is -0.835. The fourth-order valence-corrected chi connectivity index (χ4v) is 5.63. The van der Waals surface area contributed by atoms with E-state index in [4.69, 9.17) is 9.15 Å². The van der Waals surface area contributed by atoms with Crippen molar-refractivity contribution < 1.29 is 23.8 Å². The molecule has 8 nitrogen and oxygen atoms in total. The second-order valence-corrected chi connectivity index (χ2v) is 10.3. The number of hydrogen-bond acceptors (Lipinski definition) is 7. The second kappa shape index (κ2) is 10.4. The van der Waals surface area contributed by atoms with Crippen LogP contribution in [0.25, 0.3) is 17.4 Å². The van der Waals surface area contributed by atoms with Crippen molar-refractivity contribution in [3.05, 3.63) is 113 Å². The van der Waals surface area contributed by atoms with E-state index in [-0.39, 0.29) is 17.7 Å². The van der Waals surface area contributed by atoms with E-state index in [9.17, 15) is 19.5 Å². The molecule has 38 heavy (non-hydrogen) atoms. The zero-order valence-corrected chi connectivity index (χ0v) is 22.7. The topological polar surface area (TPSA) is 111 Å². The summed E-state index contributed by atoms with van der Waals surface area (Å²) in [6, 6.07) is 16.6. The van der Waals surface area contributed by atoms with Crippen molar-refractivity contribution in [2.45, 2.75) is 19.9 Å². The normalized spacial score (nSPS) is 15.2. The summed E-state index contributed by atoms with van der Waals surface area (Å²) < 4.78 is 13.9. The van der Waals surface area contributed by atoms with Crippen molar-refractivity contribution in [1.82, 2.24) is 4.57 Å². The molecule has 2 aromatic heterocycles. The van der Waals surface area contributed by atoms with Crippen LogP contribution < -0.4 is 14.9 Å². The SMILES string of the molecule is CCOC(=O)C1=C(C)N=c2s/c(=C\c3ccc(-c4ccccc4C(=O)O)o3)c(=O)n2[C@@H]1c1ccc(Br)cc1. The molecule has 0 amide bonds. The summed E-state index contributed by atoms with van der Waals surface area (Å²) in [5, 5.41) is 9.51. The number of benzene rings is 2. The van der Waals surface area contributed by atoms with Gasteiger partial charge in [0, 0.05) is 16.1 Å². The van der Waals surface area contributed by atoms with E-state index in [2.05, 4.69) is 20.9 Å². The number of aromatic carboxylic acids is 1. The van der Waals surface area contributed by atoms with Crippen molar-refractivity contribution in [2.75, 3.05) is 6.61 Å². The highest BCUT2D eigenvalue weighted by molar-refractivity contribution is 9.10. The van der Waals surface area contributed by atoms with Crippen LogP contribution in [-0.4, -0.2) is 28.2 Å². The molecule has 1 aliphatic heterocycles. The fraction of sp³-hybridized carbons (Fsp3) is 0.143. The Hall–Kier alpha value is -4.02. The highest BCUT2D eigenvalue weighted by atomic mass is 79.9. The van der Waals surface area contributed by atoms with Crippen molar-refractivity contribution >= 4 is 45.3 Å². The molecular formula is C28H21BrN2O6S. The van der Waals surface area contributed by atoms with Gasteiger partial charge in [-0.2, -0.15) is 0 Å². The van der Waals surface area contributed by atoms with E-state index in [1.165, 1.54) is 22.0 Å². The lowest BCUT2D eigenvalue weighted by Crippen LogP contribution is -2.39. The first-order valence-corrected chi connectivity index (χ1v) is 13.3. The molecule has 4 aromatic rings. The average molecular weight is 593 g/mol. The Morgan fingerprint density at radius 2 is 1.89 bits per heavy atom. The largest absolute Gasteiger partial charge is 0.478 e. The van der Waals surface area contributed by atoms with E-state index in [1.807, 2.05) is 24.3 Å². The van der Waals surface area contributed by atoms with Gasteiger partial charge < -0.3 is 14.3 Å². The van der Waals surface area contributed by atoms with E-state index >= 15 is 0 Å². The number of rotatable bonds is 6. The lowest BCUT2D eigenvalue weighted by atomic mass is 9.96. The van der Waals surface area contributed by atoms with Gasteiger partial charge in [-0.1, -0.05) is 57.6 Å². The van der Waals surface area contributed by atoms with Crippen molar-refractivity contribution in [3.8, 4) is 11.3 Å². The maximum Gasteiger partial charge on any atom is 0.338 e. The Morgan fingerprint density at radius 3 is 2.61 bits per heavy atom. The van der Waals surface area contributed by atoms with Gasteiger partial charge in [0.25, 0.3) is 5.56 Å². The number of furan rings is 1. The van der Waals surface area contributed by atoms with Crippen LogP contribution >= 0.6 is 27.3 Å². The van der Waals surface area contributed by atoms with Crippen LogP contribution in [0.5, 0.6) is 0 Å². The minimum atomic E-state index is -1.06. The number of esters is 1. The van der Waals surface area contributed by atoms with E-state index in [0.717, 1.165) is 10.0 Å². The van der Waals surface area contributed by atoms with Crippen LogP contribution in [0, 0.1) is 0 Å². The average Bonchev–Trinajstić information content (AvgIpc) is 3.48. The number of nitrogens with zero attached hydrogens (tertiary/aromatic N) is 2. The molecule has 0 radical (unpaired) electrons. The number of aromatic nitrogens is 1. The van der Waals surface area contributed by atoms with Gasteiger partial charge in [-0.25, -0.2) is 14.6 Å². The molecule has 0 fully saturated rings. The maximum absolute atomic E-state index is 13.7. The third-order valence-corrected chi connectivity index (χ3v) is 7.54. The Labute approximate surface area is 229 Å². The van der Waals surface area contributed by atoms with Crippen LogP contribution in [0.15, 0.2) is 90.6 Å². The molecule has 2 aromatic carbocycles. The number of fused-ring (bicyclic) bond motifs is 1. The van der Waals surface area contributed by atoms with E-state index in [1.54, 1.807) is 50.3 Å². The number of carbonyl (C=O) groups excluding carboxylic acids is 1. The Balaban J connectivity index is 1.64. The van der Waals surface area contributed by atoms with Crippen LogP contribution in [-0.2, 0) is 9.53 Å². The lowest BCUT2D eigenvalue weighted by Gasteiger charge is -2.24. The molecular weight excluding hydrogens is 572 g/mol. The molecule has 5 rings (SSSR count). The molecule has 1 aliphatic rings. The number of hydrogen-bond donors (Lipinski definition) is 1. The predicted molar refractivity (Wildman–Crippen MR) is 146 cm³/mol. The number of halogens is 1. The van der Waals surface area contributed by atoms with Gasteiger partial charge in [-0.15, -0.1) is 0 Å². The number of ether oxygens (including phenoxy) is 1. The fourth-order valence-electron chi connectivity index (χ4n) is 4.34. The molecule has 3 heterocycles. The quantitative estimate of drug-likeness (QED) is 0.329. The summed E-state index contributed by atoms with van der Waals surface area (Å²) >= 11 is 4.61. The molecule has 1 atom stereocenters. The van der Waals surface area contributed by atoms with Gasteiger partial charge >= 0.3 is 11.9 Å². The minimum Gasteiger partial charge on any atom is -0.478 e. The van der Waals surface area contributed by atoms with E-state index in [0.29, 0.717) is 37.7 Å². The Morgan fingerprint density at radius 1 is 1.16 bits per heavy atom. The first-order chi connectivity index (χ1) is 18.3. The molecule has 10 heteroatoms. The molecule has 0 saturated carbocycles. The van der Waals surface area contributed by atoms with Crippen molar-refractivity contribution in [3.63, 3.8) is 0 Å². The summed E-state index contributed by atoms with van der Waals surface area (Å²) in [4.78, 5) is 43.3. The third kappa shape index (κ3) is 4.68. The van der Waals surface area contributed by atoms with Crippen molar-refractivity contribution in [1.29, 1.82) is 0 Å². The number of thiazole rings is 1. The van der Waals surface area contributed by atoms with Gasteiger partial charge in [-0.05, 0) is 49.7 Å². The van der Waals surface area contributed by atoms with Gasteiger partial charge in [0.1, 0.15) is 11.5 Å². The van der Waals surface area contributed by atoms with Gasteiger partial charge in [0.2, 0.25) is 0 Å².